The first kappa shape index (κ1) is 14.7. The Bertz CT molecular complexity index is 327. The normalized spacial score (nSPS) is 12.3. The van der Waals surface area contributed by atoms with Crippen LogP contribution in [0.15, 0.2) is 12.5 Å². The molecule has 0 radical (unpaired) electrons. The Labute approximate surface area is 107 Å². The first-order valence-electron chi connectivity index (χ1n) is 6.21. The van der Waals surface area contributed by atoms with Crippen molar-refractivity contribution in [1.29, 1.82) is 0 Å². The van der Waals surface area contributed by atoms with Gasteiger partial charge in [-0.1, -0.05) is 13.3 Å². The van der Waals surface area contributed by atoms with Gasteiger partial charge in [-0.25, -0.2) is 4.98 Å². The molecule has 0 bridgehead atoms. The van der Waals surface area contributed by atoms with E-state index < -0.39 is 12.0 Å². The minimum Gasteiger partial charge on any atom is -0.462 e. The third kappa shape index (κ3) is 5.79. The quantitative estimate of drug-likeness (QED) is 0.499. The van der Waals surface area contributed by atoms with Gasteiger partial charge in [0.2, 0.25) is 0 Å². The molecule has 1 atom stereocenters. The summed E-state index contributed by atoms with van der Waals surface area (Å²) in [5.41, 5.74) is 6.53. The maximum absolute atomic E-state index is 11.5. The molecular weight excluding hydrogens is 234 g/mol. The zero-order valence-corrected chi connectivity index (χ0v) is 10.7. The maximum atomic E-state index is 11.5. The van der Waals surface area contributed by atoms with Crippen LogP contribution in [0.4, 0.5) is 0 Å². The summed E-state index contributed by atoms with van der Waals surface area (Å²) >= 11 is 0. The minimum absolute atomic E-state index is 0.249. The SMILES string of the molecule is CCCCOCCOC(=O)[C@H](N)Cc1cnc[nH]1. The van der Waals surface area contributed by atoms with E-state index in [-0.39, 0.29) is 6.61 Å². The molecule has 1 heterocycles. The highest BCUT2D eigenvalue weighted by Gasteiger charge is 2.15. The van der Waals surface area contributed by atoms with Crippen molar-refractivity contribution in [3.05, 3.63) is 18.2 Å². The van der Waals surface area contributed by atoms with E-state index in [1.54, 1.807) is 12.5 Å². The molecule has 0 aliphatic rings. The molecule has 102 valence electrons. The molecule has 0 saturated heterocycles. The number of ether oxygens (including phenoxy) is 2. The molecule has 6 heteroatoms. The summed E-state index contributed by atoms with van der Waals surface area (Å²) in [5.74, 6) is -0.413. The second-order valence-electron chi connectivity index (χ2n) is 4.02. The van der Waals surface area contributed by atoms with E-state index in [0.717, 1.165) is 18.5 Å². The van der Waals surface area contributed by atoms with Crippen molar-refractivity contribution >= 4 is 5.97 Å². The van der Waals surface area contributed by atoms with Crippen molar-refractivity contribution in [3.63, 3.8) is 0 Å². The molecule has 0 unspecified atom stereocenters. The standard InChI is InChI=1S/C12H21N3O3/c1-2-3-4-17-5-6-18-12(16)11(13)7-10-8-14-9-15-10/h8-9,11H,2-7,13H2,1H3,(H,14,15)/t11-/m1/s1. The number of aromatic nitrogens is 2. The molecule has 1 aromatic rings. The number of carbonyl (C=O) groups is 1. The van der Waals surface area contributed by atoms with E-state index in [9.17, 15) is 4.79 Å². The topological polar surface area (TPSA) is 90.2 Å². The monoisotopic (exact) mass is 255 g/mol. The molecule has 0 aliphatic carbocycles. The van der Waals surface area contributed by atoms with Crippen LogP contribution in [0, 0.1) is 0 Å². The number of hydrogen-bond donors (Lipinski definition) is 2. The number of nitrogens with zero attached hydrogens (tertiary/aromatic N) is 1. The maximum Gasteiger partial charge on any atom is 0.323 e. The fourth-order valence-corrected chi connectivity index (χ4v) is 1.37. The number of H-pyrrole nitrogens is 1. The van der Waals surface area contributed by atoms with Gasteiger partial charge in [-0.15, -0.1) is 0 Å². The zero-order chi connectivity index (χ0) is 13.2. The summed E-state index contributed by atoms with van der Waals surface area (Å²) in [6.07, 6.45) is 5.70. The van der Waals surface area contributed by atoms with Gasteiger partial charge < -0.3 is 20.2 Å². The van der Waals surface area contributed by atoms with E-state index >= 15 is 0 Å². The van der Waals surface area contributed by atoms with Crippen molar-refractivity contribution in [2.45, 2.75) is 32.2 Å². The Kier molecular flexibility index (Phi) is 7.05. The molecular formula is C12H21N3O3. The largest absolute Gasteiger partial charge is 0.462 e. The molecule has 18 heavy (non-hydrogen) atoms. The Balaban J connectivity index is 2.08. The van der Waals surface area contributed by atoms with Crippen molar-refractivity contribution in [1.82, 2.24) is 9.97 Å². The first-order valence-corrected chi connectivity index (χ1v) is 6.21. The number of rotatable bonds is 9. The number of unbranched alkanes of at least 4 members (excludes halogenated alkanes) is 1. The molecule has 1 aromatic heterocycles. The Hall–Kier alpha value is -1.40. The van der Waals surface area contributed by atoms with Crippen LogP contribution in [0.1, 0.15) is 25.5 Å². The molecule has 0 saturated carbocycles. The molecule has 6 nitrogen and oxygen atoms in total. The van der Waals surface area contributed by atoms with Crippen LogP contribution in [0.25, 0.3) is 0 Å². The van der Waals surface area contributed by atoms with Crippen LogP contribution in [0.5, 0.6) is 0 Å². The number of nitrogens with one attached hydrogen (secondary N) is 1. The summed E-state index contributed by atoms with van der Waals surface area (Å²) < 4.78 is 10.3. The van der Waals surface area contributed by atoms with Gasteiger partial charge in [-0.05, 0) is 6.42 Å². The smallest absolute Gasteiger partial charge is 0.323 e. The summed E-state index contributed by atoms with van der Waals surface area (Å²) in [6, 6.07) is -0.666. The lowest BCUT2D eigenvalue weighted by Crippen LogP contribution is -2.35. The summed E-state index contributed by atoms with van der Waals surface area (Å²) in [4.78, 5) is 18.3. The highest BCUT2D eigenvalue weighted by atomic mass is 16.6. The lowest BCUT2D eigenvalue weighted by Gasteiger charge is -2.10. The van der Waals surface area contributed by atoms with Crippen molar-refractivity contribution in [2.75, 3.05) is 19.8 Å². The Morgan fingerprint density at radius 2 is 2.33 bits per heavy atom. The highest BCUT2D eigenvalue weighted by molar-refractivity contribution is 5.75. The molecule has 0 fully saturated rings. The van der Waals surface area contributed by atoms with E-state index in [1.807, 2.05) is 0 Å². The van der Waals surface area contributed by atoms with Gasteiger partial charge in [-0.2, -0.15) is 0 Å². The van der Waals surface area contributed by atoms with Gasteiger partial charge in [0.15, 0.2) is 0 Å². The van der Waals surface area contributed by atoms with Crippen LogP contribution in [0.2, 0.25) is 0 Å². The van der Waals surface area contributed by atoms with Crippen molar-refractivity contribution in [3.8, 4) is 0 Å². The molecule has 0 amide bonds. The molecule has 0 aromatic carbocycles. The average molecular weight is 255 g/mol. The van der Waals surface area contributed by atoms with Gasteiger partial charge in [0.25, 0.3) is 0 Å². The molecule has 3 N–H and O–H groups in total. The van der Waals surface area contributed by atoms with Crippen LogP contribution < -0.4 is 5.73 Å². The average Bonchev–Trinajstić information content (AvgIpc) is 2.86. The molecule has 1 rings (SSSR count). The molecule has 0 aliphatic heterocycles. The van der Waals surface area contributed by atoms with Gasteiger partial charge in [0, 0.05) is 24.9 Å². The van der Waals surface area contributed by atoms with E-state index in [0.29, 0.717) is 19.6 Å². The minimum atomic E-state index is -0.666. The number of carbonyl (C=O) groups excluding carboxylic acids is 1. The fraction of sp³-hybridized carbons (Fsp3) is 0.667. The number of aromatic amines is 1. The lowest BCUT2D eigenvalue weighted by atomic mass is 10.2. The van der Waals surface area contributed by atoms with E-state index in [2.05, 4.69) is 16.9 Å². The molecule has 0 spiro atoms. The van der Waals surface area contributed by atoms with Crippen LogP contribution in [-0.2, 0) is 20.7 Å². The number of hydrogen-bond acceptors (Lipinski definition) is 5. The van der Waals surface area contributed by atoms with E-state index in [1.165, 1.54) is 0 Å². The number of nitrogens with two attached hydrogens (primary N) is 1. The van der Waals surface area contributed by atoms with Crippen LogP contribution in [0.3, 0.4) is 0 Å². The first-order chi connectivity index (χ1) is 8.74. The Morgan fingerprint density at radius 3 is 3.00 bits per heavy atom. The van der Waals surface area contributed by atoms with Crippen molar-refractivity contribution in [2.24, 2.45) is 5.73 Å². The fourth-order valence-electron chi connectivity index (χ4n) is 1.37. The second kappa shape index (κ2) is 8.66. The third-order valence-corrected chi connectivity index (χ3v) is 2.41. The summed E-state index contributed by atoms with van der Waals surface area (Å²) in [7, 11) is 0. The number of esters is 1. The van der Waals surface area contributed by atoms with Crippen LogP contribution in [-0.4, -0.2) is 41.8 Å². The predicted molar refractivity (Wildman–Crippen MR) is 67.0 cm³/mol. The summed E-state index contributed by atoms with van der Waals surface area (Å²) in [6.45, 7) is 3.47. The summed E-state index contributed by atoms with van der Waals surface area (Å²) in [5, 5.41) is 0. The number of imidazole rings is 1. The lowest BCUT2D eigenvalue weighted by molar-refractivity contribution is -0.146. The highest BCUT2D eigenvalue weighted by Crippen LogP contribution is 1.98. The van der Waals surface area contributed by atoms with Gasteiger partial charge in [-0.3, -0.25) is 4.79 Å². The van der Waals surface area contributed by atoms with Gasteiger partial charge >= 0.3 is 5.97 Å². The van der Waals surface area contributed by atoms with E-state index in [4.69, 9.17) is 15.2 Å². The zero-order valence-electron chi connectivity index (χ0n) is 10.7. The van der Waals surface area contributed by atoms with Crippen LogP contribution >= 0.6 is 0 Å². The van der Waals surface area contributed by atoms with Gasteiger partial charge in [0.05, 0.1) is 12.9 Å². The third-order valence-electron chi connectivity index (χ3n) is 2.41. The second-order valence-corrected chi connectivity index (χ2v) is 4.02. The van der Waals surface area contributed by atoms with Crippen molar-refractivity contribution < 1.29 is 14.3 Å². The predicted octanol–water partition coefficient (Wildman–Crippen LogP) is 0.639. The van der Waals surface area contributed by atoms with Gasteiger partial charge in [0.1, 0.15) is 12.6 Å². The Morgan fingerprint density at radius 1 is 1.50 bits per heavy atom.